The highest BCUT2D eigenvalue weighted by Gasteiger charge is 2.52. The van der Waals surface area contributed by atoms with E-state index in [0.29, 0.717) is 37.6 Å². The molecule has 176 valence electrons. The minimum Gasteiger partial charge on any atom is -0.494 e. The highest BCUT2D eigenvalue weighted by atomic mass is 16.5. The molecule has 2 atom stereocenters. The molecule has 0 bridgehead atoms. The minimum atomic E-state index is -1.19. The first-order valence-electron chi connectivity index (χ1n) is 11.4. The average molecular weight is 452 g/mol. The topological polar surface area (TPSA) is 92.2 Å². The fraction of sp³-hybridized carbons (Fsp3) is 0.385. The molecule has 0 radical (unpaired) electrons. The number of nitrogens with one attached hydrogen (secondary N) is 2. The van der Waals surface area contributed by atoms with E-state index in [1.807, 2.05) is 54.6 Å². The van der Waals surface area contributed by atoms with Crippen molar-refractivity contribution < 1.29 is 19.4 Å². The molecule has 1 heterocycles. The Morgan fingerprint density at radius 3 is 2.64 bits per heavy atom. The van der Waals surface area contributed by atoms with E-state index in [1.165, 1.54) is 0 Å². The second kappa shape index (κ2) is 12.2. The maximum atomic E-state index is 13.4. The molecule has 2 aromatic rings. The maximum absolute atomic E-state index is 13.4. The van der Waals surface area contributed by atoms with E-state index in [2.05, 4.69) is 24.4 Å². The zero-order valence-electron chi connectivity index (χ0n) is 19.1. The summed E-state index contributed by atoms with van der Waals surface area (Å²) in [6.07, 6.45) is 3.98. The summed E-state index contributed by atoms with van der Waals surface area (Å²) >= 11 is 0. The zero-order valence-corrected chi connectivity index (χ0v) is 19.1. The molecule has 0 fully saturated rings. The van der Waals surface area contributed by atoms with E-state index >= 15 is 0 Å². The molecule has 0 aliphatic carbocycles. The number of carbonyl (C=O) groups excluding carboxylic acids is 1. The van der Waals surface area contributed by atoms with Crippen molar-refractivity contribution in [1.82, 2.24) is 10.9 Å². The first kappa shape index (κ1) is 24.5. The molecule has 0 unspecified atom stereocenters. The third-order valence-electron chi connectivity index (χ3n) is 5.45. The zero-order chi connectivity index (χ0) is 23.5. The number of rotatable bonds is 13. The molecule has 3 rings (SSSR count). The van der Waals surface area contributed by atoms with Gasteiger partial charge in [-0.2, -0.15) is 0 Å². The second-order valence-corrected chi connectivity index (χ2v) is 7.93. The van der Waals surface area contributed by atoms with Crippen molar-refractivity contribution in [3.8, 4) is 5.75 Å². The molecule has 3 N–H and O–H groups in total. The van der Waals surface area contributed by atoms with Crippen LogP contribution >= 0.6 is 0 Å². The number of unbranched alkanes of at least 4 members (excludes halogenated alkanes) is 1. The lowest BCUT2D eigenvalue weighted by molar-refractivity contribution is -0.129. The third kappa shape index (κ3) is 6.00. The van der Waals surface area contributed by atoms with E-state index in [4.69, 9.17) is 19.6 Å². The van der Waals surface area contributed by atoms with Gasteiger partial charge < -0.3 is 14.6 Å². The van der Waals surface area contributed by atoms with Crippen LogP contribution in [0.1, 0.15) is 49.8 Å². The SMILES string of the molecule is C=CC[C@]1(C(=O)NNCCCC)N=C(c2ccc(OCCCO)cc2)O[C@H]1c1ccccc1. The molecule has 0 saturated heterocycles. The van der Waals surface area contributed by atoms with Gasteiger partial charge in [-0.1, -0.05) is 49.8 Å². The van der Waals surface area contributed by atoms with Crippen LogP contribution in [0.2, 0.25) is 0 Å². The Hall–Kier alpha value is -3.16. The van der Waals surface area contributed by atoms with E-state index < -0.39 is 11.6 Å². The predicted molar refractivity (Wildman–Crippen MR) is 129 cm³/mol. The van der Waals surface area contributed by atoms with Crippen LogP contribution in [0, 0.1) is 0 Å². The lowest BCUT2D eigenvalue weighted by atomic mass is 9.84. The van der Waals surface area contributed by atoms with E-state index in [0.717, 1.165) is 24.0 Å². The highest BCUT2D eigenvalue weighted by Crippen LogP contribution is 2.42. The van der Waals surface area contributed by atoms with E-state index in [9.17, 15) is 4.79 Å². The molecule has 0 saturated carbocycles. The van der Waals surface area contributed by atoms with Gasteiger partial charge in [0.25, 0.3) is 5.91 Å². The molecule has 1 amide bonds. The minimum absolute atomic E-state index is 0.0877. The molecule has 0 spiro atoms. The van der Waals surface area contributed by atoms with E-state index in [1.54, 1.807) is 6.08 Å². The molecule has 0 aromatic heterocycles. The summed E-state index contributed by atoms with van der Waals surface area (Å²) in [5, 5.41) is 8.91. The van der Waals surface area contributed by atoms with Gasteiger partial charge in [0.05, 0.1) is 6.61 Å². The smallest absolute Gasteiger partial charge is 0.266 e. The van der Waals surface area contributed by atoms with Gasteiger partial charge in [-0.15, -0.1) is 6.58 Å². The molecular weight excluding hydrogens is 418 g/mol. The van der Waals surface area contributed by atoms with Gasteiger partial charge in [0.2, 0.25) is 5.90 Å². The lowest BCUT2D eigenvalue weighted by Crippen LogP contribution is -2.52. The Morgan fingerprint density at radius 2 is 1.97 bits per heavy atom. The summed E-state index contributed by atoms with van der Waals surface area (Å²) in [4.78, 5) is 18.3. The maximum Gasteiger partial charge on any atom is 0.266 e. The van der Waals surface area contributed by atoms with Crippen molar-refractivity contribution in [2.75, 3.05) is 19.8 Å². The van der Waals surface area contributed by atoms with E-state index in [-0.39, 0.29) is 12.5 Å². The summed E-state index contributed by atoms with van der Waals surface area (Å²) in [6.45, 7) is 7.18. The number of aliphatic hydroxyl groups is 1. The summed E-state index contributed by atoms with van der Waals surface area (Å²) in [5.41, 5.74) is 6.27. The fourth-order valence-corrected chi connectivity index (χ4v) is 3.68. The number of amides is 1. The number of hydrogen-bond acceptors (Lipinski definition) is 6. The van der Waals surface area contributed by atoms with Gasteiger partial charge in [-0.3, -0.25) is 10.2 Å². The summed E-state index contributed by atoms with van der Waals surface area (Å²) in [7, 11) is 0. The van der Waals surface area contributed by atoms with Crippen molar-refractivity contribution in [2.24, 2.45) is 4.99 Å². The molecule has 33 heavy (non-hydrogen) atoms. The Kier molecular flexibility index (Phi) is 9.04. The van der Waals surface area contributed by atoms with Crippen molar-refractivity contribution >= 4 is 11.8 Å². The third-order valence-corrected chi connectivity index (χ3v) is 5.45. The molecule has 1 aliphatic heterocycles. The fourth-order valence-electron chi connectivity index (χ4n) is 3.68. The van der Waals surface area contributed by atoms with Gasteiger partial charge in [-0.05, 0) is 36.2 Å². The van der Waals surface area contributed by atoms with Gasteiger partial charge in [0, 0.05) is 31.6 Å². The number of ether oxygens (including phenoxy) is 2. The molecule has 2 aromatic carbocycles. The van der Waals surface area contributed by atoms with Crippen molar-refractivity contribution in [3.63, 3.8) is 0 Å². The number of hydrazine groups is 1. The predicted octanol–water partition coefficient (Wildman–Crippen LogP) is 3.70. The normalized spacial score (nSPS) is 19.5. The monoisotopic (exact) mass is 451 g/mol. The molecule has 7 nitrogen and oxygen atoms in total. The highest BCUT2D eigenvalue weighted by molar-refractivity contribution is 6.01. The van der Waals surface area contributed by atoms with Crippen LogP contribution in [-0.2, 0) is 9.53 Å². The number of benzene rings is 2. The van der Waals surface area contributed by atoms with Crippen LogP contribution in [0.15, 0.2) is 72.2 Å². The lowest BCUT2D eigenvalue weighted by Gasteiger charge is -2.29. The van der Waals surface area contributed by atoms with Gasteiger partial charge >= 0.3 is 0 Å². The quantitative estimate of drug-likeness (QED) is 0.245. The largest absolute Gasteiger partial charge is 0.494 e. The number of aliphatic hydroxyl groups excluding tert-OH is 1. The van der Waals surface area contributed by atoms with Crippen LogP contribution in [0.3, 0.4) is 0 Å². The van der Waals surface area contributed by atoms with Crippen LogP contribution in [0.5, 0.6) is 5.75 Å². The van der Waals surface area contributed by atoms with Crippen LogP contribution in [0.25, 0.3) is 0 Å². The molecular formula is C26H33N3O4. The second-order valence-electron chi connectivity index (χ2n) is 7.93. The Morgan fingerprint density at radius 1 is 1.21 bits per heavy atom. The molecule has 1 aliphatic rings. The summed E-state index contributed by atoms with van der Waals surface area (Å²) < 4.78 is 11.9. The Labute approximate surface area is 195 Å². The van der Waals surface area contributed by atoms with Gasteiger partial charge in [0.1, 0.15) is 5.75 Å². The summed E-state index contributed by atoms with van der Waals surface area (Å²) in [5.74, 6) is 0.836. The number of aliphatic imine (C=N–C) groups is 1. The van der Waals surface area contributed by atoms with Crippen LogP contribution in [0.4, 0.5) is 0 Å². The Bertz CT molecular complexity index is 930. The Balaban J connectivity index is 1.90. The first-order chi connectivity index (χ1) is 16.1. The summed E-state index contributed by atoms with van der Waals surface area (Å²) in [6, 6.07) is 17.0. The average Bonchev–Trinajstić information content (AvgIpc) is 3.24. The van der Waals surface area contributed by atoms with Crippen molar-refractivity contribution in [3.05, 3.63) is 78.4 Å². The number of carbonyl (C=O) groups is 1. The van der Waals surface area contributed by atoms with Crippen molar-refractivity contribution in [2.45, 2.75) is 44.2 Å². The first-order valence-corrected chi connectivity index (χ1v) is 11.4. The van der Waals surface area contributed by atoms with Gasteiger partial charge in [0.15, 0.2) is 11.6 Å². The molecule has 7 heteroatoms. The van der Waals surface area contributed by atoms with Crippen LogP contribution < -0.4 is 15.6 Å². The van der Waals surface area contributed by atoms with Crippen molar-refractivity contribution in [1.29, 1.82) is 0 Å². The van der Waals surface area contributed by atoms with Crippen LogP contribution in [-0.4, -0.2) is 42.2 Å². The number of nitrogens with zero attached hydrogens (tertiary/aromatic N) is 1. The van der Waals surface area contributed by atoms with Gasteiger partial charge in [-0.25, -0.2) is 10.4 Å². The standard InChI is InChI=1S/C26H33N3O4/c1-3-5-17-27-29-25(31)26(16-4-2)23(20-10-7-6-8-11-20)33-24(28-26)21-12-14-22(15-13-21)32-19-9-18-30/h4,6-8,10-15,23,27,30H,2-3,5,9,16-19H2,1H3,(H,29,31)/t23-,26-/m0/s1. The number of hydrogen-bond donors (Lipinski definition) is 3.